The first kappa shape index (κ1) is 16.7. The summed E-state index contributed by atoms with van der Waals surface area (Å²) < 4.78 is 69.1. The number of halogens is 5. The molecule has 0 spiro atoms. The lowest BCUT2D eigenvalue weighted by Gasteiger charge is -2.11. The second-order valence-electron chi connectivity index (χ2n) is 3.64. The van der Waals surface area contributed by atoms with Gasteiger partial charge in [0.25, 0.3) is 5.78 Å². The number of rotatable bonds is 5. The molecule has 1 aromatic carbocycles. The molecule has 0 aliphatic carbocycles. The number of ether oxygens (including phenoxy) is 2. The van der Waals surface area contributed by atoms with E-state index in [-0.39, 0.29) is 23.1 Å². The highest BCUT2D eigenvalue weighted by Crippen LogP contribution is 2.31. The molecule has 0 amide bonds. The molecule has 0 radical (unpaired) electrons. The topological polar surface area (TPSA) is 55.8 Å². The molecular weight excluding hydrogens is 303 g/mol. The minimum atomic E-state index is -5.13. The molecule has 0 aliphatic heterocycles. The molecule has 1 N–H and O–H groups in total. The monoisotopic (exact) mass is 312 g/mol. The highest BCUT2D eigenvalue weighted by atomic mass is 19.4. The predicted molar refractivity (Wildman–Crippen MR) is 61.3 cm³/mol. The van der Waals surface area contributed by atoms with Crippen molar-refractivity contribution in [1.29, 1.82) is 0 Å². The SMILES string of the molecule is COc1cc(C(O)=CC(=O)C(F)(F)F)ccc1OC(F)F. The summed E-state index contributed by atoms with van der Waals surface area (Å²) in [6.45, 7) is -3.12. The normalized spacial score (nSPS) is 12.4. The Morgan fingerprint density at radius 3 is 2.38 bits per heavy atom. The van der Waals surface area contributed by atoms with E-state index in [2.05, 4.69) is 4.74 Å². The van der Waals surface area contributed by atoms with E-state index in [0.29, 0.717) is 0 Å². The van der Waals surface area contributed by atoms with Gasteiger partial charge in [0, 0.05) is 11.6 Å². The lowest BCUT2D eigenvalue weighted by atomic mass is 10.1. The fraction of sp³-hybridized carbons (Fsp3) is 0.250. The lowest BCUT2D eigenvalue weighted by molar-refractivity contribution is -0.165. The Hall–Kier alpha value is -2.32. The molecule has 0 unspecified atom stereocenters. The van der Waals surface area contributed by atoms with Gasteiger partial charge in [0.1, 0.15) is 5.76 Å². The summed E-state index contributed by atoms with van der Waals surface area (Å²) >= 11 is 0. The summed E-state index contributed by atoms with van der Waals surface area (Å²) in [6.07, 6.45) is -5.15. The molecule has 0 heterocycles. The maximum atomic E-state index is 12.1. The minimum Gasteiger partial charge on any atom is -0.507 e. The van der Waals surface area contributed by atoms with Gasteiger partial charge >= 0.3 is 12.8 Å². The first-order chi connectivity index (χ1) is 9.65. The van der Waals surface area contributed by atoms with Crippen molar-refractivity contribution < 1.29 is 41.3 Å². The summed E-state index contributed by atoms with van der Waals surface area (Å²) in [4.78, 5) is 10.7. The molecule has 0 aromatic heterocycles. The summed E-state index contributed by atoms with van der Waals surface area (Å²) in [5.41, 5.74) is -0.230. The van der Waals surface area contributed by atoms with Crippen LogP contribution < -0.4 is 9.47 Å². The van der Waals surface area contributed by atoms with Crippen molar-refractivity contribution in [2.24, 2.45) is 0 Å². The van der Waals surface area contributed by atoms with E-state index in [4.69, 9.17) is 4.74 Å². The summed E-state index contributed by atoms with van der Waals surface area (Å²) in [5.74, 6) is -3.86. The van der Waals surface area contributed by atoms with Crippen molar-refractivity contribution in [1.82, 2.24) is 0 Å². The summed E-state index contributed by atoms with van der Waals surface area (Å²) in [6, 6.07) is 2.91. The number of hydrogen-bond donors (Lipinski definition) is 1. The van der Waals surface area contributed by atoms with Crippen LogP contribution in [0.15, 0.2) is 24.3 Å². The van der Waals surface area contributed by atoms with E-state index in [1.807, 2.05) is 0 Å². The number of carbonyl (C=O) groups excluding carboxylic acids is 1. The number of methoxy groups -OCH3 is 1. The standard InChI is InChI=1S/C12H9F5O4/c1-20-9-4-6(2-3-8(9)21-11(13)14)7(18)5-10(19)12(15,16)17/h2-5,11,18H,1H3. The van der Waals surface area contributed by atoms with Crippen molar-refractivity contribution >= 4 is 11.5 Å². The molecule has 0 bridgehead atoms. The van der Waals surface area contributed by atoms with E-state index in [9.17, 15) is 31.9 Å². The van der Waals surface area contributed by atoms with Crippen molar-refractivity contribution in [2.45, 2.75) is 12.8 Å². The van der Waals surface area contributed by atoms with Crippen LogP contribution in [0.4, 0.5) is 22.0 Å². The molecule has 1 aromatic rings. The van der Waals surface area contributed by atoms with E-state index < -0.39 is 24.3 Å². The van der Waals surface area contributed by atoms with Crippen LogP contribution in [0.3, 0.4) is 0 Å². The van der Waals surface area contributed by atoms with Gasteiger partial charge in [-0.1, -0.05) is 0 Å². The van der Waals surface area contributed by atoms with Crippen molar-refractivity contribution in [3.8, 4) is 11.5 Å². The molecule has 0 atom stereocenters. The number of aliphatic hydroxyl groups is 1. The van der Waals surface area contributed by atoms with E-state index in [1.54, 1.807) is 0 Å². The Morgan fingerprint density at radius 2 is 1.90 bits per heavy atom. The number of aliphatic hydroxyl groups excluding tert-OH is 1. The maximum absolute atomic E-state index is 12.1. The third-order valence-corrected chi connectivity index (χ3v) is 2.22. The van der Waals surface area contributed by atoms with Crippen LogP contribution in [-0.2, 0) is 4.79 Å². The van der Waals surface area contributed by atoms with E-state index >= 15 is 0 Å². The van der Waals surface area contributed by atoms with Crippen molar-refractivity contribution in [3.63, 3.8) is 0 Å². The largest absolute Gasteiger partial charge is 0.507 e. The van der Waals surface area contributed by atoms with Gasteiger partial charge in [-0.25, -0.2) is 0 Å². The van der Waals surface area contributed by atoms with Gasteiger partial charge in [0.15, 0.2) is 11.5 Å². The Bertz CT molecular complexity index is 551. The third kappa shape index (κ3) is 4.62. The Morgan fingerprint density at radius 1 is 1.29 bits per heavy atom. The van der Waals surface area contributed by atoms with Gasteiger partial charge in [-0.2, -0.15) is 22.0 Å². The number of hydrogen-bond acceptors (Lipinski definition) is 4. The molecule has 116 valence electrons. The van der Waals surface area contributed by atoms with Crippen LogP contribution >= 0.6 is 0 Å². The van der Waals surface area contributed by atoms with Crippen LogP contribution in [-0.4, -0.2) is 30.8 Å². The first-order valence-electron chi connectivity index (χ1n) is 5.30. The first-order valence-corrected chi connectivity index (χ1v) is 5.30. The Kier molecular flexibility index (Phi) is 5.12. The molecule has 0 aliphatic rings. The van der Waals surface area contributed by atoms with Crippen LogP contribution in [0.5, 0.6) is 11.5 Å². The second kappa shape index (κ2) is 6.42. The number of benzene rings is 1. The highest BCUT2D eigenvalue weighted by Gasteiger charge is 2.37. The molecule has 4 nitrogen and oxygen atoms in total. The summed E-state index contributed by atoms with van der Waals surface area (Å²) in [5, 5.41) is 9.44. The van der Waals surface area contributed by atoms with Gasteiger partial charge in [-0.15, -0.1) is 0 Å². The second-order valence-corrected chi connectivity index (χ2v) is 3.64. The fourth-order valence-corrected chi connectivity index (χ4v) is 1.31. The summed E-state index contributed by atoms with van der Waals surface area (Å²) in [7, 11) is 1.11. The average Bonchev–Trinajstić information content (AvgIpc) is 2.37. The lowest BCUT2D eigenvalue weighted by Crippen LogP contribution is -2.20. The van der Waals surface area contributed by atoms with Gasteiger partial charge in [-0.3, -0.25) is 4.79 Å². The van der Waals surface area contributed by atoms with E-state index in [0.717, 1.165) is 25.3 Å². The quantitative estimate of drug-likeness (QED) is 0.515. The average molecular weight is 312 g/mol. The molecule has 0 saturated carbocycles. The molecule has 9 heteroatoms. The molecule has 1 rings (SSSR count). The maximum Gasteiger partial charge on any atom is 0.454 e. The number of alkyl halides is 5. The van der Waals surface area contributed by atoms with Gasteiger partial charge in [0.05, 0.1) is 7.11 Å². The molecule has 0 saturated heterocycles. The number of carbonyl (C=O) groups is 1. The van der Waals surface area contributed by atoms with Crippen LogP contribution in [0, 0.1) is 0 Å². The highest BCUT2D eigenvalue weighted by molar-refractivity contribution is 5.99. The van der Waals surface area contributed by atoms with Crippen molar-refractivity contribution in [2.75, 3.05) is 7.11 Å². The zero-order valence-electron chi connectivity index (χ0n) is 10.4. The van der Waals surface area contributed by atoms with Crippen LogP contribution in [0.1, 0.15) is 5.56 Å². The zero-order valence-corrected chi connectivity index (χ0v) is 10.4. The third-order valence-electron chi connectivity index (χ3n) is 2.22. The van der Waals surface area contributed by atoms with Crippen molar-refractivity contribution in [3.05, 3.63) is 29.8 Å². The molecule has 21 heavy (non-hydrogen) atoms. The number of allylic oxidation sites excluding steroid dienone is 1. The zero-order chi connectivity index (χ0) is 16.2. The molecular formula is C12H9F5O4. The molecule has 0 fully saturated rings. The van der Waals surface area contributed by atoms with Gasteiger partial charge < -0.3 is 14.6 Å². The Labute approximate surface area is 115 Å². The number of ketones is 1. The Balaban J connectivity index is 3.09. The van der Waals surface area contributed by atoms with Gasteiger partial charge in [-0.05, 0) is 18.2 Å². The predicted octanol–water partition coefficient (Wildman–Crippen LogP) is 3.33. The van der Waals surface area contributed by atoms with Gasteiger partial charge in [0.2, 0.25) is 0 Å². The smallest absolute Gasteiger partial charge is 0.454 e. The van der Waals surface area contributed by atoms with E-state index in [1.165, 1.54) is 0 Å². The fourth-order valence-electron chi connectivity index (χ4n) is 1.31. The van der Waals surface area contributed by atoms with Crippen LogP contribution in [0.25, 0.3) is 5.76 Å². The minimum absolute atomic E-state index is 0.0254. The van der Waals surface area contributed by atoms with Crippen LogP contribution in [0.2, 0.25) is 0 Å².